The zero-order valence-corrected chi connectivity index (χ0v) is 36.9. The molecule has 0 bridgehead atoms. The van der Waals surface area contributed by atoms with E-state index in [1.54, 1.807) is 24.3 Å². The standard InChI is InChI=1S/C47H54ClN7O6S/c1-47(2)18-16-35(41(31-47)33-6-8-36(48)9-7-33)32-53-24-26-54(27-25-53)37-10-13-40(45(29-37)61-38-11-14-42-34(28-38)17-20-50-42)46(56)51-62(59,60)39-12-15-43(44(30-39)55(57)58)49-19-5-23-52-21-3-4-22-52/h6-15,17,20,28-30,49-50H,3-5,16,18-19,21-27,31-32H2,1-2H3,(H,51,56). The third-order valence-electron chi connectivity index (χ3n) is 12.4. The molecular formula is C47H54ClN7O6S. The Balaban J connectivity index is 0.987. The van der Waals surface area contributed by atoms with Crippen LogP contribution in [0.25, 0.3) is 16.5 Å². The van der Waals surface area contributed by atoms with Crippen LogP contribution < -0.4 is 19.7 Å². The number of nitrogens with one attached hydrogen (secondary N) is 3. The van der Waals surface area contributed by atoms with Gasteiger partial charge in [-0.3, -0.25) is 19.8 Å². The van der Waals surface area contributed by atoms with Crippen molar-refractivity contribution in [2.75, 3.05) is 69.1 Å². The average molecular weight is 881 g/mol. The van der Waals surface area contributed by atoms with Crippen molar-refractivity contribution in [3.8, 4) is 11.5 Å². The van der Waals surface area contributed by atoms with Gasteiger partial charge in [-0.15, -0.1) is 0 Å². The summed E-state index contributed by atoms with van der Waals surface area (Å²) in [5, 5.41) is 16.8. The van der Waals surface area contributed by atoms with E-state index in [0.717, 1.165) is 106 Å². The predicted molar refractivity (Wildman–Crippen MR) is 246 cm³/mol. The van der Waals surface area contributed by atoms with Crippen LogP contribution in [0.1, 0.15) is 68.3 Å². The smallest absolute Gasteiger partial charge is 0.293 e. The van der Waals surface area contributed by atoms with E-state index in [4.69, 9.17) is 16.3 Å². The molecule has 2 aliphatic heterocycles. The molecule has 13 nitrogen and oxygen atoms in total. The monoisotopic (exact) mass is 879 g/mol. The maximum absolute atomic E-state index is 13.9. The number of benzene rings is 4. The number of halogens is 1. The summed E-state index contributed by atoms with van der Waals surface area (Å²) in [5.41, 5.74) is 5.93. The number of amides is 1. The maximum Gasteiger partial charge on any atom is 0.293 e. The van der Waals surface area contributed by atoms with Crippen molar-refractivity contribution >= 4 is 61.1 Å². The van der Waals surface area contributed by atoms with Gasteiger partial charge in [-0.05, 0) is 135 Å². The molecule has 2 fully saturated rings. The zero-order valence-electron chi connectivity index (χ0n) is 35.3. The van der Waals surface area contributed by atoms with Crippen LogP contribution in [-0.2, 0) is 10.0 Å². The fraction of sp³-hybridized carbons (Fsp3) is 0.383. The maximum atomic E-state index is 13.9. The highest BCUT2D eigenvalue weighted by atomic mass is 35.5. The van der Waals surface area contributed by atoms with E-state index >= 15 is 0 Å². The lowest BCUT2D eigenvalue weighted by atomic mass is 9.72. The van der Waals surface area contributed by atoms with Gasteiger partial charge in [-0.25, -0.2) is 13.1 Å². The molecule has 4 aromatic carbocycles. The number of likely N-dealkylation sites (tertiary alicyclic amines) is 1. The van der Waals surface area contributed by atoms with Crippen LogP contribution in [0.5, 0.6) is 11.5 Å². The van der Waals surface area contributed by atoms with Gasteiger partial charge in [0, 0.05) is 79.2 Å². The molecule has 0 radical (unpaired) electrons. The summed E-state index contributed by atoms with van der Waals surface area (Å²) >= 11 is 6.24. The van der Waals surface area contributed by atoms with E-state index < -0.39 is 31.4 Å². The first-order chi connectivity index (χ1) is 29.8. The van der Waals surface area contributed by atoms with E-state index in [1.165, 1.54) is 41.7 Å². The van der Waals surface area contributed by atoms with Crippen molar-refractivity contribution in [2.45, 2.75) is 57.3 Å². The molecule has 2 saturated heterocycles. The Morgan fingerprint density at radius 1 is 0.919 bits per heavy atom. The number of piperazine rings is 1. The average Bonchev–Trinajstić information content (AvgIpc) is 3.96. The number of hydrogen-bond donors (Lipinski definition) is 3. The van der Waals surface area contributed by atoms with Crippen molar-refractivity contribution < 1.29 is 22.9 Å². The summed E-state index contributed by atoms with van der Waals surface area (Å²) in [7, 11) is -4.53. The Bertz CT molecular complexity index is 2580. The molecule has 62 heavy (non-hydrogen) atoms. The van der Waals surface area contributed by atoms with Crippen LogP contribution in [0.2, 0.25) is 5.02 Å². The van der Waals surface area contributed by atoms with Gasteiger partial charge in [0.2, 0.25) is 0 Å². The van der Waals surface area contributed by atoms with Crippen molar-refractivity contribution in [1.29, 1.82) is 0 Å². The van der Waals surface area contributed by atoms with Gasteiger partial charge >= 0.3 is 0 Å². The van der Waals surface area contributed by atoms with Crippen molar-refractivity contribution in [2.24, 2.45) is 5.41 Å². The quantitative estimate of drug-likeness (QED) is 0.0527. The van der Waals surface area contributed by atoms with Gasteiger partial charge < -0.3 is 24.8 Å². The molecule has 3 N–H and O–H groups in total. The summed E-state index contributed by atoms with van der Waals surface area (Å²) < 4.78 is 35.9. The van der Waals surface area contributed by atoms with Gasteiger partial charge in [-0.1, -0.05) is 43.2 Å². The number of allylic oxidation sites excluding steroid dienone is 1. The third kappa shape index (κ3) is 10.3. The molecule has 0 spiro atoms. The number of nitrogens with zero attached hydrogens (tertiary/aromatic N) is 4. The highest BCUT2D eigenvalue weighted by molar-refractivity contribution is 7.90. The van der Waals surface area contributed by atoms with Crippen molar-refractivity contribution in [3.05, 3.63) is 123 Å². The highest BCUT2D eigenvalue weighted by Gasteiger charge is 2.30. The van der Waals surface area contributed by atoms with E-state index in [2.05, 4.69) is 55.7 Å². The number of sulfonamides is 1. The summed E-state index contributed by atoms with van der Waals surface area (Å²) in [6.45, 7) is 12.2. The lowest BCUT2D eigenvalue weighted by Gasteiger charge is -2.39. The minimum Gasteiger partial charge on any atom is -0.456 e. The van der Waals surface area contributed by atoms with Gasteiger partial charge in [0.15, 0.2) is 0 Å². The molecule has 1 aromatic heterocycles. The number of aromatic amines is 1. The minimum absolute atomic E-state index is 0.00203. The molecule has 5 aromatic rings. The van der Waals surface area contributed by atoms with Gasteiger partial charge in [-0.2, -0.15) is 0 Å². The molecule has 1 amide bonds. The van der Waals surface area contributed by atoms with Crippen LogP contribution >= 0.6 is 11.6 Å². The van der Waals surface area contributed by atoms with E-state index in [-0.39, 0.29) is 22.4 Å². The Morgan fingerprint density at radius 2 is 1.69 bits per heavy atom. The number of nitro benzene ring substituents is 1. The number of rotatable bonds is 15. The first-order valence-corrected chi connectivity index (χ1v) is 23.3. The zero-order chi connectivity index (χ0) is 43.4. The fourth-order valence-corrected chi connectivity index (χ4v) is 9.96. The number of aromatic nitrogens is 1. The van der Waals surface area contributed by atoms with Crippen LogP contribution in [0.3, 0.4) is 0 Å². The number of fused-ring (bicyclic) bond motifs is 1. The number of nitro groups is 1. The van der Waals surface area contributed by atoms with Gasteiger partial charge in [0.25, 0.3) is 21.6 Å². The number of hydrogen-bond acceptors (Lipinski definition) is 10. The van der Waals surface area contributed by atoms with Crippen LogP contribution in [0.4, 0.5) is 17.1 Å². The number of anilines is 2. The Labute approximate surface area is 368 Å². The highest BCUT2D eigenvalue weighted by Crippen LogP contribution is 2.43. The normalized spacial score (nSPS) is 17.4. The third-order valence-corrected chi connectivity index (χ3v) is 13.9. The summed E-state index contributed by atoms with van der Waals surface area (Å²) in [6, 6.07) is 24.4. The second-order valence-corrected chi connectivity index (χ2v) is 19.5. The molecule has 15 heteroatoms. The first kappa shape index (κ1) is 43.2. The fourth-order valence-electron chi connectivity index (χ4n) is 8.85. The second-order valence-electron chi connectivity index (χ2n) is 17.4. The van der Waals surface area contributed by atoms with Crippen LogP contribution in [-0.4, -0.2) is 92.9 Å². The van der Waals surface area contributed by atoms with E-state index in [0.29, 0.717) is 12.3 Å². The largest absolute Gasteiger partial charge is 0.456 e. The minimum atomic E-state index is -4.53. The number of carbonyl (C=O) groups is 1. The second kappa shape index (κ2) is 18.5. The Kier molecular flexibility index (Phi) is 12.9. The van der Waals surface area contributed by atoms with Gasteiger partial charge in [0.1, 0.15) is 17.2 Å². The molecule has 0 unspecified atom stereocenters. The molecule has 8 rings (SSSR count). The van der Waals surface area contributed by atoms with Crippen LogP contribution in [0.15, 0.2) is 102 Å². The SMILES string of the molecule is CC1(C)CCC(CN2CCN(c3ccc(C(=O)NS(=O)(=O)c4ccc(NCCCN5CCCC5)c([N+](=O)[O-])c4)c(Oc4ccc5[nH]ccc5c4)c3)CC2)=C(c2ccc(Cl)cc2)C1. The molecular weight excluding hydrogens is 826 g/mol. The van der Waals surface area contributed by atoms with Gasteiger partial charge in [0.05, 0.1) is 15.4 Å². The Morgan fingerprint density at radius 3 is 2.45 bits per heavy atom. The lowest BCUT2D eigenvalue weighted by molar-refractivity contribution is -0.384. The summed E-state index contributed by atoms with van der Waals surface area (Å²) in [5.74, 6) is -0.281. The molecule has 1 aliphatic carbocycles. The predicted octanol–water partition coefficient (Wildman–Crippen LogP) is 9.32. The summed E-state index contributed by atoms with van der Waals surface area (Å²) in [4.78, 5) is 35.3. The Hall–Kier alpha value is -5.41. The van der Waals surface area contributed by atoms with Crippen molar-refractivity contribution in [3.63, 3.8) is 0 Å². The topological polar surface area (TPSA) is 153 Å². The molecule has 0 saturated carbocycles. The molecule has 3 heterocycles. The number of ether oxygens (including phenoxy) is 1. The van der Waals surface area contributed by atoms with Crippen molar-refractivity contribution in [1.82, 2.24) is 19.5 Å². The lowest BCUT2D eigenvalue weighted by Crippen LogP contribution is -2.47. The molecule has 326 valence electrons. The van der Waals surface area contributed by atoms with Crippen LogP contribution in [0, 0.1) is 15.5 Å². The first-order valence-electron chi connectivity index (χ1n) is 21.5. The number of carbonyl (C=O) groups excluding carboxylic acids is 1. The van der Waals surface area contributed by atoms with E-state index in [9.17, 15) is 23.3 Å². The summed E-state index contributed by atoms with van der Waals surface area (Å²) in [6.07, 6.45) is 8.19. The molecule has 0 atom stereocenters. The number of H-pyrrole nitrogens is 1. The van der Waals surface area contributed by atoms with E-state index in [1.807, 2.05) is 36.5 Å². The molecule has 3 aliphatic rings.